The Kier molecular flexibility index (Phi) is 6.77. The van der Waals surface area contributed by atoms with Crippen molar-refractivity contribution in [2.75, 3.05) is 20.6 Å². The maximum absolute atomic E-state index is 11.5. The van der Waals surface area contributed by atoms with Gasteiger partial charge < -0.3 is 16.0 Å². The van der Waals surface area contributed by atoms with Gasteiger partial charge in [-0.3, -0.25) is 14.4 Å². The maximum Gasteiger partial charge on any atom is 0.239 e. The van der Waals surface area contributed by atoms with E-state index < -0.39 is 0 Å². The Morgan fingerprint density at radius 2 is 1.87 bits per heavy atom. The number of nitrogens with one attached hydrogen (secondary N) is 1. The monoisotopic (exact) mass is 416 g/mol. The van der Waals surface area contributed by atoms with E-state index in [4.69, 9.17) is 5.73 Å². The standard InChI is InChI=1S/C24H24N4O3/c1-26-24(31)13-28(2)8-7-19-11-17(4-6-21(19)15-30)18-3-5-20-9-16(14-29)10-23(25)27-22(20)12-18/h3-9,11-12,14-15H,10,13H2,1-2H3,(H2,25,27)(H,26,31)/b8-7-. The third-order valence-electron chi connectivity index (χ3n) is 4.90. The molecule has 7 heteroatoms. The summed E-state index contributed by atoms with van der Waals surface area (Å²) in [6, 6.07) is 11.3. The Balaban J connectivity index is 1.96. The molecule has 0 bridgehead atoms. The first-order valence-electron chi connectivity index (χ1n) is 9.75. The van der Waals surface area contributed by atoms with Crippen molar-refractivity contribution in [2.45, 2.75) is 6.42 Å². The highest BCUT2D eigenvalue weighted by atomic mass is 16.2. The van der Waals surface area contributed by atoms with Crippen molar-refractivity contribution < 1.29 is 14.4 Å². The van der Waals surface area contributed by atoms with E-state index in [-0.39, 0.29) is 12.5 Å². The minimum atomic E-state index is -0.104. The van der Waals surface area contributed by atoms with Crippen LogP contribution in [0.3, 0.4) is 0 Å². The predicted molar refractivity (Wildman–Crippen MR) is 123 cm³/mol. The van der Waals surface area contributed by atoms with E-state index >= 15 is 0 Å². The van der Waals surface area contributed by atoms with Crippen LogP contribution >= 0.6 is 0 Å². The molecule has 1 heterocycles. The number of carbonyl (C=O) groups is 3. The number of fused-ring (bicyclic) bond motifs is 1. The van der Waals surface area contributed by atoms with Crippen molar-refractivity contribution in [3.63, 3.8) is 0 Å². The summed E-state index contributed by atoms with van der Waals surface area (Å²) in [6.07, 6.45) is 7.27. The summed E-state index contributed by atoms with van der Waals surface area (Å²) in [6.45, 7) is 0.212. The normalized spacial score (nSPS) is 13.0. The largest absolute Gasteiger partial charge is 0.387 e. The molecule has 0 fully saturated rings. The van der Waals surface area contributed by atoms with E-state index in [1.54, 1.807) is 43.4 Å². The van der Waals surface area contributed by atoms with Crippen molar-refractivity contribution in [3.05, 3.63) is 64.9 Å². The van der Waals surface area contributed by atoms with E-state index in [2.05, 4.69) is 10.3 Å². The molecule has 0 saturated carbocycles. The van der Waals surface area contributed by atoms with Crippen molar-refractivity contribution in [1.29, 1.82) is 0 Å². The first kappa shape index (κ1) is 21.7. The predicted octanol–water partition coefficient (Wildman–Crippen LogP) is 2.79. The number of carbonyl (C=O) groups excluding carboxylic acids is 3. The van der Waals surface area contributed by atoms with Crippen molar-refractivity contribution in [2.24, 2.45) is 10.7 Å². The summed E-state index contributed by atoms with van der Waals surface area (Å²) >= 11 is 0. The van der Waals surface area contributed by atoms with Gasteiger partial charge in [0.2, 0.25) is 5.91 Å². The van der Waals surface area contributed by atoms with Gasteiger partial charge in [-0.25, -0.2) is 4.99 Å². The number of benzene rings is 2. The Morgan fingerprint density at radius 3 is 2.58 bits per heavy atom. The molecule has 1 aliphatic rings. The van der Waals surface area contributed by atoms with Gasteiger partial charge in [-0.05, 0) is 47.2 Å². The number of aliphatic imine (C=N–C) groups is 1. The summed E-state index contributed by atoms with van der Waals surface area (Å²) in [5.74, 6) is 0.279. The number of hydrogen-bond donors (Lipinski definition) is 2. The molecule has 1 aliphatic heterocycles. The molecule has 0 saturated heterocycles. The lowest BCUT2D eigenvalue weighted by Gasteiger charge is -2.13. The molecule has 31 heavy (non-hydrogen) atoms. The summed E-state index contributed by atoms with van der Waals surface area (Å²) < 4.78 is 0. The molecule has 3 N–H and O–H groups in total. The Bertz CT molecular complexity index is 1120. The topological polar surface area (TPSA) is 105 Å². The molecule has 0 aliphatic carbocycles. The second kappa shape index (κ2) is 9.67. The maximum atomic E-state index is 11.5. The first-order chi connectivity index (χ1) is 14.9. The highest BCUT2D eigenvalue weighted by molar-refractivity contribution is 5.98. The highest BCUT2D eigenvalue weighted by Gasteiger charge is 2.12. The van der Waals surface area contributed by atoms with Gasteiger partial charge in [-0.1, -0.05) is 24.3 Å². The average molecular weight is 416 g/mol. The average Bonchev–Trinajstić information content (AvgIpc) is 2.94. The van der Waals surface area contributed by atoms with E-state index in [0.29, 0.717) is 29.1 Å². The molecular formula is C24H24N4O3. The molecule has 3 rings (SSSR count). The van der Waals surface area contributed by atoms with Crippen LogP contribution in [0.5, 0.6) is 0 Å². The number of amides is 1. The van der Waals surface area contributed by atoms with Crippen LogP contribution in [0.2, 0.25) is 0 Å². The fraction of sp³-hybridized carbons (Fsp3) is 0.167. The summed E-state index contributed by atoms with van der Waals surface area (Å²) in [7, 11) is 3.37. The minimum Gasteiger partial charge on any atom is -0.387 e. The molecule has 0 spiro atoms. The lowest BCUT2D eigenvalue weighted by molar-refractivity contribution is -0.121. The molecule has 158 valence electrons. The molecule has 0 unspecified atom stereocenters. The molecule has 0 radical (unpaired) electrons. The first-order valence-corrected chi connectivity index (χ1v) is 9.75. The second-order valence-electron chi connectivity index (χ2n) is 7.26. The van der Waals surface area contributed by atoms with Crippen LogP contribution in [-0.2, 0) is 9.59 Å². The van der Waals surface area contributed by atoms with Gasteiger partial charge >= 0.3 is 0 Å². The SMILES string of the molecule is CNC(=O)CN(C)/C=C\c1cc(-c2ccc3c(c2)N=C(N)CC(C=O)=C3)ccc1C=O. The van der Waals surface area contributed by atoms with E-state index in [9.17, 15) is 14.4 Å². The van der Waals surface area contributed by atoms with Crippen LogP contribution in [0, 0.1) is 0 Å². The third kappa shape index (κ3) is 5.33. The number of aldehydes is 2. The van der Waals surface area contributed by atoms with Crippen LogP contribution < -0.4 is 11.1 Å². The lowest BCUT2D eigenvalue weighted by Crippen LogP contribution is -2.29. The second-order valence-corrected chi connectivity index (χ2v) is 7.26. The molecule has 2 aromatic carbocycles. The van der Waals surface area contributed by atoms with Crippen LogP contribution in [0.25, 0.3) is 23.3 Å². The van der Waals surface area contributed by atoms with E-state index in [1.807, 2.05) is 30.3 Å². The van der Waals surface area contributed by atoms with Gasteiger partial charge in [-0.2, -0.15) is 0 Å². The Morgan fingerprint density at radius 1 is 1.13 bits per heavy atom. The number of nitrogens with zero attached hydrogens (tertiary/aromatic N) is 2. The quantitative estimate of drug-likeness (QED) is 0.676. The summed E-state index contributed by atoms with van der Waals surface area (Å²) in [5, 5.41) is 2.57. The molecule has 0 atom stereocenters. The van der Waals surface area contributed by atoms with Crippen LogP contribution in [-0.4, -0.2) is 49.9 Å². The minimum absolute atomic E-state index is 0.104. The summed E-state index contributed by atoms with van der Waals surface area (Å²) in [5.41, 5.74) is 11.1. The fourth-order valence-corrected chi connectivity index (χ4v) is 3.24. The highest BCUT2D eigenvalue weighted by Crippen LogP contribution is 2.32. The van der Waals surface area contributed by atoms with Crippen LogP contribution in [0.15, 0.2) is 53.2 Å². The van der Waals surface area contributed by atoms with Crippen LogP contribution in [0.1, 0.15) is 27.9 Å². The Hall–Kier alpha value is -4.00. The van der Waals surface area contributed by atoms with Gasteiger partial charge in [0.25, 0.3) is 0 Å². The molecule has 7 nitrogen and oxygen atoms in total. The lowest BCUT2D eigenvalue weighted by atomic mass is 9.97. The van der Waals surface area contributed by atoms with Gasteiger partial charge in [0.1, 0.15) is 12.1 Å². The number of hydrogen-bond acceptors (Lipinski definition) is 6. The zero-order valence-corrected chi connectivity index (χ0v) is 17.5. The smallest absolute Gasteiger partial charge is 0.239 e. The number of nitrogens with two attached hydrogens (primary N) is 1. The van der Waals surface area contributed by atoms with Gasteiger partial charge in [0.05, 0.1) is 12.2 Å². The van der Waals surface area contributed by atoms with Gasteiger partial charge in [0.15, 0.2) is 6.29 Å². The van der Waals surface area contributed by atoms with Crippen molar-refractivity contribution >= 4 is 42.2 Å². The zero-order valence-electron chi connectivity index (χ0n) is 17.5. The third-order valence-corrected chi connectivity index (χ3v) is 4.90. The number of likely N-dealkylation sites (N-methyl/N-ethyl adjacent to an activating group) is 2. The number of rotatable bonds is 7. The van der Waals surface area contributed by atoms with E-state index in [1.165, 1.54) is 0 Å². The van der Waals surface area contributed by atoms with Crippen molar-refractivity contribution in [1.82, 2.24) is 10.2 Å². The molecular weight excluding hydrogens is 392 g/mol. The summed E-state index contributed by atoms with van der Waals surface area (Å²) in [4.78, 5) is 40.4. The number of amidine groups is 1. The zero-order chi connectivity index (χ0) is 22.4. The van der Waals surface area contributed by atoms with E-state index in [0.717, 1.165) is 34.8 Å². The van der Waals surface area contributed by atoms with Crippen LogP contribution in [0.4, 0.5) is 5.69 Å². The molecule has 0 aromatic heterocycles. The fourth-order valence-electron chi connectivity index (χ4n) is 3.24. The van der Waals surface area contributed by atoms with Gasteiger partial charge in [-0.15, -0.1) is 0 Å². The van der Waals surface area contributed by atoms with Crippen molar-refractivity contribution in [3.8, 4) is 11.1 Å². The molecule has 2 aromatic rings. The molecule has 1 amide bonds. The van der Waals surface area contributed by atoms with Gasteiger partial charge in [0, 0.05) is 37.2 Å². The Labute approximate surface area is 181 Å².